The van der Waals surface area contributed by atoms with Crippen molar-refractivity contribution < 1.29 is 18.8 Å². The monoisotopic (exact) mass is 385 g/mol. The molecule has 0 spiro atoms. The number of rotatable bonds is 4. The Morgan fingerprint density at radius 3 is 2.61 bits per heavy atom. The minimum absolute atomic E-state index is 0.0932. The van der Waals surface area contributed by atoms with Gasteiger partial charge in [0.25, 0.3) is 11.8 Å². The zero-order valence-electron chi connectivity index (χ0n) is 16.0. The zero-order valence-corrected chi connectivity index (χ0v) is 16.0. The molecular weight excluding hydrogens is 362 g/mol. The van der Waals surface area contributed by atoms with E-state index in [1.54, 1.807) is 21.9 Å². The molecule has 0 radical (unpaired) electrons. The van der Waals surface area contributed by atoms with Gasteiger partial charge in [-0.05, 0) is 26.0 Å². The molecule has 0 N–H and O–H groups in total. The van der Waals surface area contributed by atoms with Crippen molar-refractivity contribution in [2.24, 2.45) is 5.16 Å². The summed E-state index contributed by atoms with van der Waals surface area (Å²) < 4.78 is 7.01. The fourth-order valence-electron chi connectivity index (χ4n) is 3.52. The molecule has 9 heteroatoms. The molecule has 2 amide bonds. The summed E-state index contributed by atoms with van der Waals surface area (Å²) in [4.78, 5) is 34.0. The molecule has 2 aliphatic heterocycles. The van der Waals surface area contributed by atoms with Crippen molar-refractivity contribution in [2.75, 3.05) is 26.2 Å². The fraction of sp³-hybridized carbons (Fsp3) is 0.474. The molecule has 148 valence electrons. The molecule has 1 atom stereocenters. The Labute approximate surface area is 162 Å². The lowest BCUT2D eigenvalue weighted by Gasteiger charge is -2.35. The van der Waals surface area contributed by atoms with Crippen LogP contribution in [0.25, 0.3) is 0 Å². The molecule has 4 heterocycles. The third-order valence-electron chi connectivity index (χ3n) is 5.14. The second-order valence-electron chi connectivity index (χ2n) is 6.91. The van der Waals surface area contributed by atoms with Gasteiger partial charge in [0.2, 0.25) is 6.10 Å². The maximum absolute atomic E-state index is 12.8. The summed E-state index contributed by atoms with van der Waals surface area (Å²) >= 11 is 0. The summed E-state index contributed by atoms with van der Waals surface area (Å²) in [6.07, 6.45) is 3.23. The number of piperazine rings is 1. The molecule has 28 heavy (non-hydrogen) atoms. The minimum Gasteiger partial charge on any atom is -0.459 e. The summed E-state index contributed by atoms with van der Waals surface area (Å²) in [6.45, 7) is 6.58. The van der Waals surface area contributed by atoms with Crippen molar-refractivity contribution >= 4 is 17.5 Å². The fourth-order valence-corrected chi connectivity index (χ4v) is 3.52. The number of carbonyl (C=O) groups excluding carboxylic acids is 2. The predicted octanol–water partition coefficient (Wildman–Crippen LogP) is 1.28. The van der Waals surface area contributed by atoms with Crippen molar-refractivity contribution in [1.82, 2.24) is 19.6 Å². The smallest absolute Gasteiger partial charge is 0.289 e. The molecule has 1 saturated heterocycles. The van der Waals surface area contributed by atoms with Crippen LogP contribution in [-0.2, 0) is 16.2 Å². The van der Waals surface area contributed by atoms with Crippen LogP contribution >= 0.6 is 0 Å². The van der Waals surface area contributed by atoms with E-state index in [0.717, 1.165) is 23.5 Å². The van der Waals surface area contributed by atoms with Crippen LogP contribution in [0.3, 0.4) is 0 Å². The zero-order chi connectivity index (χ0) is 19.7. The quantitative estimate of drug-likeness (QED) is 0.790. The lowest BCUT2D eigenvalue weighted by atomic mass is 10.1. The highest BCUT2D eigenvalue weighted by molar-refractivity contribution is 6.04. The third-order valence-corrected chi connectivity index (χ3v) is 5.14. The lowest BCUT2D eigenvalue weighted by molar-refractivity contribution is -0.143. The average Bonchev–Trinajstić information content (AvgIpc) is 3.47. The van der Waals surface area contributed by atoms with Gasteiger partial charge in [-0.25, -0.2) is 0 Å². The van der Waals surface area contributed by atoms with Gasteiger partial charge in [0.05, 0.1) is 17.7 Å². The van der Waals surface area contributed by atoms with E-state index in [9.17, 15) is 9.59 Å². The Kier molecular flexibility index (Phi) is 4.89. The number of hydrogen-bond acceptors (Lipinski definition) is 6. The molecular formula is C19H23N5O4. The Hall–Kier alpha value is -3.10. The minimum atomic E-state index is -0.619. The molecule has 2 aliphatic rings. The Balaban J connectivity index is 1.33. The maximum Gasteiger partial charge on any atom is 0.289 e. The van der Waals surface area contributed by atoms with Crippen LogP contribution in [0.15, 0.2) is 34.2 Å². The molecule has 1 unspecified atom stereocenters. The summed E-state index contributed by atoms with van der Waals surface area (Å²) in [7, 11) is 0. The maximum atomic E-state index is 12.8. The van der Waals surface area contributed by atoms with E-state index in [0.29, 0.717) is 38.4 Å². The molecule has 4 rings (SSSR count). The topological polar surface area (TPSA) is 93.2 Å². The highest BCUT2D eigenvalue weighted by atomic mass is 16.6. The first-order chi connectivity index (χ1) is 13.6. The van der Waals surface area contributed by atoms with Crippen molar-refractivity contribution in [1.29, 1.82) is 0 Å². The molecule has 9 nitrogen and oxygen atoms in total. The van der Waals surface area contributed by atoms with E-state index in [1.807, 2.05) is 24.7 Å². The Bertz CT molecular complexity index is 894. The van der Waals surface area contributed by atoms with Crippen LogP contribution in [-0.4, -0.2) is 69.4 Å². The van der Waals surface area contributed by atoms with E-state index in [1.165, 1.54) is 6.26 Å². The number of furan rings is 1. The number of aryl methyl sites for hydroxylation is 2. The van der Waals surface area contributed by atoms with Gasteiger partial charge in [0.15, 0.2) is 5.76 Å². The van der Waals surface area contributed by atoms with Crippen molar-refractivity contribution in [3.05, 3.63) is 41.6 Å². The van der Waals surface area contributed by atoms with Crippen molar-refractivity contribution in [3.63, 3.8) is 0 Å². The summed E-state index contributed by atoms with van der Waals surface area (Å²) in [6, 6.07) is 3.34. The van der Waals surface area contributed by atoms with Crippen LogP contribution in [0, 0.1) is 6.92 Å². The standard InChI is InChI=1S/C19H23N5O4/c1-3-24-12-14(13(2)20-24)15-11-17(28-21-15)19(26)23-8-6-22(7-9-23)18(25)16-5-4-10-27-16/h4-5,10,12,17H,3,6-9,11H2,1-2H3. The Morgan fingerprint density at radius 1 is 1.21 bits per heavy atom. The second-order valence-corrected chi connectivity index (χ2v) is 6.91. The normalized spacial score (nSPS) is 19.5. The molecule has 0 aromatic carbocycles. The third kappa shape index (κ3) is 3.39. The van der Waals surface area contributed by atoms with E-state index < -0.39 is 6.10 Å². The van der Waals surface area contributed by atoms with Crippen LogP contribution in [0.2, 0.25) is 0 Å². The first kappa shape index (κ1) is 18.3. The molecule has 1 fully saturated rings. The number of hydrogen-bond donors (Lipinski definition) is 0. The van der Waals surface area contributed by atoms with Gasteiger partial charge in [-0.1, -0.05) is 5.16 Å². The Morgan fingerprint density at radius 2 is 1.96 bits per heavy atom. The average molecular weight is 385 g/mol. The van der Waals surface area contributed by atoms with Crippen LogP contribution in [0.1, 0.15) is 35.2 Å². The van der Waals surface area contributed by atoms with E-state index in [4.69, 9.17) is 9.25 Å². The van der Waals surface area contributed by atoms with Gasteiger partial charge in [0, 0.05) is 50.9 Å². The highest BCUT2D eigenvalue weighted by Gasteiger charge is 2.35. The van der Waals surface area contributed by atoms with E-state index in [2.05, 4.69) is 10.3 Å². The van der Waals surface area contributed by atoms with Crippen LogP contribution < -0.4 is 0 Å². The van der Waals surface area contributed by atoms with Gasteiger partial charge in [-0.2, -0.15) is 5.10 Å². The number of carbonyl (C=O) groups is 2. The van der Waals surface area contributed by atoms with Crippen LogP contribution in [0.4, 0.5) is 0 Å². The van der Waals surface area contributed by atoms with Gasteiger partial charge >= 0.3 is 0 Å². The van der Waals surface area contributed by atoms with Gasteiger partial charge in [-0.15, -0.1) is 0 Å². The van der Waals surface area contributed by atoms with Gasteiger partial charge in [-0.3, -0.25) is 14.3 Å². The number of aromatic nitrogens is 2. The summed E-state index contributed by atoms with van der Waals surface area (Å²) in [5.41, 5.74) is 2.55. The van der Waals surface area contributed by atoms with E-state index >= 15 is 0 Å². The SMILES string of the molecule is CCn1cc(C2=NOC(C(=O)N3CCN(C(=O)c4ccco4)CC3)C2)c(C)n1. The molecule has 0 saturated carbocycles. The second kappa shape index (κ2) is 7.49. The predicted molar refractivity (Wildman–Crippen MR) is 99.9 cm³/mol. The first-order valence-electron chi connectivity index (χ1n) is 9.45. The number of nitrogens with zero attached hydrogens (tertiary/aromatic N) is 5. The summed E-state index contributed by atoms with van der Waals surface area (Å²) in [5, 5.41) is 8.55. The number of amides is 2. The highest BCUT2D eigenvalue weighted by Crippen LogP contribution is 2.21. The lowest BCUT2D eigenvalue weighted by Crippen LogP contribution is -2.52. The molecule has 0 aliphatic carbocycles. The molecule has 2 aromatic rings. The largest absolute Gasteiger partial charge is 0.459 e. The molecule has 2 aromatic heterocycles. The summed E-state index contributed by atoms with van der Waals surface area (Å²) in [5.74, 6) is 0.0765. The first-order valence-corrected chi connectivity index (χ1v) is 9.45. The van der Waals surface area contributed by atoms with Gasteiger partial charge in [0.1, 0.15) is 0 Å². The van der Waals surface area contributed by atoms with Crippen molar-refractivity contribution in [2.45, 2.75) is 32.9 Å². The van der Waals surface area contributed by atoms with Crippen molar-refractivity contribution in [3.8, 4) is 0 Å². The number of oxime groups is 1. The molecule has 0 bridgehead atoms. The van der Waals surface area contributed by atoms with Gasteiger partial charge < -0.3 is 19.1 Å². The van der Waals surface area contributed by atoms with Crippen LogP contribution in [0.5, 0.6) is 0 Å². The van der Waals surface area contributed by atoms with E-state index in [-0.39, 0.29) is 11.8 Å².